The molecule has 0 aliphatic carbocycles. The van der Waals surface area contributed by atoms with Gasteiger partial charge in [0.1, 0.15) is 0 Å². The van der Waals surface area contributed by atoms with Crippen molar-refractivity contribution >= 4 is 5.69 Å². The van der Waals surface area contributed by atoms with E-state index < -0.39 is 0 Å². The maximum atomic E-state index is 2.43. The van der Waals surface area contributed by atoms with Crippen LogP contribution in [0.2, 0.25) is 0 Å². The molecule has 1 aromatic rings. The van der Waals surface area contributed by atoms with E-state index in [-0.39, 0.29) is 0 Å². The highest BCUT2D eigenvalue weighted by Gasteiger charge is 2.21. The molecule has 1 aromatic carbocycles. The molecular weight excluding hydrogens is 158 g/mol. The van der Waals surface area contributed by atoms with Crippen LogP contribution in [0, 0.1) is 5.92 Å². The summed E-state index contributed by atoms with van der Waals surface area (Å²) < 4.78 is 0. The predicted octanol–water partition coefficient (Wildman–Crippen LogP) is 2.71. The monoisotopic (exact) mass is 175 g/mol. The Morgan fingerprint density at radius 3 is 2.31 bits per heavy atom. The van der Waals surface area contributed by atoms with Gasteiger partial charge < -0.3 is 4.90 Å². The van der Waals surface area contributed by atoms with Crippen molar-refractivity contribution in [3.63, 3.8) is 0 Å². The van der Waals surface area contributed by atoms with Gasteiger partial charge in [0.2, 0.25) is 0 Å². The molecule has 70 valence electrons. The Morgan fingerprint density at radius 2 is 1.85 bits per heavy atom. The van der Waals surface area contributed by atoms with Gasteiger partial charge in [-0.2, -0.15) is 0 Å². The fraction of sp³-hybridized carbons (Fsp3) is 0.500. The number of rotatable bonds is 2. The molecule has 2 rings (SSSR count). The molecule has 1 aliphatic rings. The van der Waals surface area contributed by atoms with Crippen molar-refractivity contribution in [2.75, 3.05) is 18.0 Å². The van der Waals surface area contributed by atoms with E-state index in [0.29, 0.717) is 0 Å². The van der Waals surface area contributed by atoms with E-state index in [4.69, 9.17) is 0 Å². The van der Waals surface area contributed by atoms with Crippen LogP contribution in [0.4, 0.5) is 5.69 Å². The molecule has 1 aliphatic heterocycles. The largest absolute Gasteiger partial charge is 0.371 e. The third-order valence-electron chi connectivity index (χ3n) is 2.77. The minimum absolute atomic E-state index is 0.880. The average molecular weight is 175 g/mol. The third-order valence-corrected chi connectivity index (χ3v) is 2.77. The second kappa shape index (κ2) is 3.41. The van der Waals surface area contributed by atoms with Gasteiger partial charge in [-0.15, -0.1) is 0 Å². The molecule has 0 saturated carbocycles. The molecule has 0 N–H and O–H groups in total. The van der Waals surface area contributed by atoms with Crippen LogP contribution >= 0.6 is 0 Å². The Kier molecular flexibility index (Phi) is 2.26. The summed E-state index contributed by atoms with van der Waals surface area (Å²) in [6.07, 6.45) is 1.14. The highest BCUT2D eigenvalue weighted by atomic mass is 15.2. The zero-order valence-electron chi connectivity index (χ0n) is 8.46. The molecule has 13 heavy (non-hydrogen) atoms. The standard InChI is InChI=1S/C12H17N/c1-3-11-4-6-12(7-5-11)13-8-10(2)9-13/h4-7,10H,3,8-9H2,1-2H3. The second-order valence-corrected chi connectivity index (χ2v) is 4.03. The summed E-state index contributed by atoms with van der Waals surface area (Å²) in [4.78, 5) is 2.43. The Bertz CT molecular complexity index is 270. The van der Waals surface area contributed by atoms with Crippen LogP contribution in [0.3, 0.4) is 0 Å². The molecule has 1 fully saturated rings. The van der Waals surface area contributed by atoms with Crippen LogP contribution in [0.15, 0.2) is 24.3 Å². The minimum atomic E-state index is 0.880. The SMILES string of the molecule is CCc1ccc(N2CC(C)C2)cc1. The summed E-state index contributed by atoms with van der Waals surface area (Å²) in [5.41, 5.74) is 2.81. The quantitative estimate of drug-likeness (QED) is 0.668. The Hall–Kier alpha value is -0.980. The summed E-state index contributed by atoms with van der Waals surface area (Å²) in [6.45, 7) is 6.95. The van der Waals surface area contributed by atoms with Gasteiger partial charge in [-0.05, 0) is 30.0 Å². The molecule has 1 saturated heterocycles. The molecule has 1 nitrogen and oxygen atoms in total. The van der Waals surface area contributed by atoms with Gasteiger partial charge in [0.15, 0.2) is 0 Å². The first-order valence-electron chi connectivity index (χ1n) is 5.13. The summed E-state index contributed by atoms with van der Waals surface area (Å²) in [7, 11) is 0. The highest BCUT2D eigenvalue weighted by Crippen LogP contribution is 2.24. The third kappa shape index (κ3) is 1.69. The summed E-state index contributed by atoms with van der Waals surface area (Å²) >= 11 is 0. The maximum Gasteiger partial charge on any atom is 0.0366 e. The van der Waals surface area contributed by atoms with E-state index in [2.05, 4.69) is 43.0 Å². The lowest BCUT2D eigenvalue weighted by atomic mass is 10.0. The van der Waals surface area contributed by atoms with E-state index in [1.54, 1.807) is 0 Å². The number of benzene rings is 1. The topological polar surface area (TPSA) is 3.24 Å². The predicted molar refractivity (Wildman–Crippen MR) is 57.2 cm³/mol. The van der Waals surface area contributed by atoms with Crippen molar-refractivity contribution in [3.8, 4) is 0 Å². The first-order valence-corrected chi connectivity index (χ1v) is 5.13. The van der Waals surface area contributed by atoms with Gasteiger partial charge in [0, 0.05) is 18.8 Å². The van der Waals surface area contributed by atoms with Crippen LogP contribution in [0.5, 0.6) is 0 Å². The first kappa shape index (κ1) is 8.61. The van der Waals surface area contributed by atoms with Gasteiger partial charge in [-0.1, -0.05) is 26.0 Å². The fourth-order valence-electron chi connectivity index (χ4n) is 1.85. The second-order valence-electron chi connectivity index (χ2n) is 4.03. The van der Waals surface area contributed by atoms with Crippen molar-refractivity contribution in [3.05, 3.63) is 29.8 Å². The van der Waals surface area contributed by atoms with E-state index in [9.17, 15) is 0 Å². The molecule has 0 spiro atoms. The molecule has 0 bridgehead atoms. The Labute approximate surface area is 80.4 Å². The molecule has 0 radical (unpaired) electrons. The molecular formula is C12H17N. The van der Waals surface area contributed by atoms with Crippen molar-refractivity contribution in [1.29, 1.82) is 0 Å². The maximum absolute atomic E-state index is 2.43. The normalized spacial score (nSPS) is 17.2. The fourth-order valence-corrected chi connectivity index (χ4v) is 1.85. The Morgan fingerprint density at radius 1 is 1.23 bits per heavy atom. The van der Waals surface area contributed by atoms with Crippen LogP contribution in [0.1, 0.15) is 19.4 Å². The lowest BCUT2D eigenvalue weighted by Crippen LogP contribution is -2.45. The van der Waals surface area contributed by atoms with Gasteiger partial charge in [-0.25, -0.2) is 0 Å². The molecule has 0 aromatic heterocycles. The van der Waals surface area contributed by atoms with Crippen LogP contribution in [-0.4, -0.2) is 13.1 Å². The minimum Gasteiger partial charge on any atom is -0.371 e. The number of nitrogens with zero attached hydrogens (tertiary/aromatic N) is 1. The number of anilines is 1. The first-order chi connectivity index (χ1) is 6.29. The zero-order chi connectivity index (χ0) is 9.26. The lowest BCUT2D eigenvalue weighted by molar-refractivity contribution is 0.447. The van der Waals surface area contributed by atoms with E-state index in [0.717, 1.165) is 12.3 Å². The van der Waals surface area contributed by atoms with Crippen LogP contribution in [-0.2, 0) is 6.42 Å². The number of hydrogen-bond donors (Lipinski definition) is 0. The van der Waals surface area contributed by atoms with Crippen LogP contribution < -0.4 is 4.90 Å². The summed E-state index contributed by atoms with van der Waals surface area (Å²) in [5, 5.41) is 0. The lowest BCUT2D eigenvalue weighted by Gasteiger charge is -2.39. The van der Waals surface area contributed by atoms with Crippen molar-refractivity contribution in [2.24, 2.45) is 5.92 Å². The van der Waals surface area contributed by atoms with Crippen molar-refractivity contribution in [2.45, 2.75) is 20.3 Å². The number of aryl methyl sites for hydroxylation is 1. The van der Waals surface area contributed by atoms with E-state index in [1.807, 2.05) is 0 Å². The smallest absolute Gasteiger partial charge is 0.0366 e. The summed E-state index contributed by atoms with van der Waals surface area (Å²) in [5.74, 6) is 0.880. The van der Waals surface area contributed by atoms with Crippen LogP contribution in [0.25, 0.3) is 0 Å². The van der Waals surface area contributed by atoms with E-state index >= 15 is 0 Å². The van der Waals surface area contributed by atoms with Gasteiger partial charge >= 0.3 is 0 Å². The zero-order valence-corrected chi connectivity index (χ0v) is 8.46. The Balaban J connectivity index is 2.06. The molecule has 0 unspecified atom stereocenters. The van der Waals surface area contributed by atoms with Gasteiger partial charge in [-0.3, -0.25) is 0 Å². The van der Waals surface area contributed by atoms with Gasteiger partial charge in [0.25, 0.3) is 0 Å². The average Bonchev–Trinajstić information content (AvgIpc) is 2.13. The molecule has 1 heteroatoms. The van der Waals surface area contributed by atoms with Gasteiger partial charge in [0.05, 0.1) is 0 Å². The highest BCUT2D eigenvalue weighted by molar-refractivity contribution is 5.49. The molecule has 1 heterocycles. The summed E-state index contributed by atoms with van der Waals surface area (Å²) in [6, 6.07) is 8.95. The van der Waals surface area contributed by atoms with Crippen molar-refractivity contribution < 1.29 is 0 Å². The van der Waals surface area contributed by atoms with Crippen molar-refractivity contribution in [1.82, 2.24) is 0 Å². The van der Waals surface area contributed by atoms with E-state index in [1.165, 1.54) is 24.3 Å². The number of hydrogen-bond acceptors (Lipinski definition) is 1. The molecule has 0 atom stereocenters. The molecule has 0 amide bonds.